The van der Waals surface area contributed by atoms with Crippen molar-refractivity contribution < 1.29 is 13.6 Å². The normalized spacial score (nSPS) is 21.4. The van der Waals surface area contributed by atoms with Gasteiger partial charge in [0, 0.05) is 18.2 Å². The summed E-state index contributed by atoms with van der Waals surface area (Å²) in [6, 6.07) is 13.1. The van der Waals surface area contributed by atoms with E-state index in [9.17, 15) is 13.6 Å². The van der Waals surface area contributed by atoms with E-state index in [1.54, 1.807) is 4.90 Å². The minimum atomic E-state index is -0.613. The van der Waals surface area contributed by atoms with Crippen molar-refractivity contribution in [3.63, 3.8) is 0 Å². The van der Waals surface area contributed by atoms with Crippen molar-refractivity contribution in [3.8, 4) is 0 Å². The molecule has 1 aliphatic rings. The molecule has 0 spiro atoms. The minimum absolute atomic E-state index is 0.0254. The number of benzene rings is 2. The van der Waals surface area contributed by atoms with E-state index in [4.69, 9.17) is 0 Å². The molecule has 0 N–H and O–H groups in total. The first-order valence-corrected chi connectivity index (χ1v) is 7.95. The van der Waals surface area contributed by atoms with Crippen molar-refractivity contribution in [2.45, 2.75) is 24.1 Å². The maximum Gasteiger partial charge on any atom is 0.236 e. The summed E-state index contributed by atoms with van der Waals surface area (Å²) in [7, 11) is 0. The lowest BCUT2D eigenvalue weighted by atomic mass is 10.1. The summed E-state index contributed by atoms with van der Waals surface area (Å²) >= 11 is 1.39. The van der Waals surface area contributed by atoms with Gasteiger partial charge in [0.25, 0.3) is 0 Å². The van der Waals surface area contributed by atoms with Crippen LogP contribution in [0.25, 0.3) is 0 Å². The van der Waals surface area contributed by atoms with Crippen molar-refractivity contribution >= 4 is 17.7 Å². The Bertz CT molecular complexity index is 692. The Morgan fingerprint density at radius 1 is 1.14 bits per heavy atom. The number of halogens is 2. The summed E-state index contributed by atoms with van der Waals surface area (Å²) < 4.78 is 27.2. The number of nitrogens with zero attached hydrogens (tertiary/aromatic N) is 1. The summed E-state index contributed by atoms with van der Waals surface area (Å²) in [6.45, 7) is 2.23. The molecule has 2 atom stereocenters. The van der Waals surface area contributed by atoms with Gasteiger partial charge >= 0.3 is 0 Å². The number of hydrogen-bond donors (Lipinski definition) is 0. The van der Waals surface area contributed by atoms with Gasteiger partial charge in [-0.15, -0.1) is 11.8 Å². The first-order valence-electron chi connectivity index (χ1n) is 7.01. The number of rotatable bonds is 3. The summed E-state index contributed by atoms with van der Waals surface area (Å²) in [5.74, 6) is -1.25. The highest BCUT2D eigenvalue weighted by Gasteiger charge is 2.39. The molecule has 0 bridgehead atoms. The Balaban J connectivity index is 1.93. The Labute approximate surface area is 132 Å². The van der Waals surface area contributed by atoms with Crippen molar-refractivity contribution in [3.05, 3.63) is 71.3 Å². The molecule has 1 heterocycles. The Morgan fingerprint density at radius 2 is 1.86 bits per heavy atom. The van der Waals surface area contributed by atoms with Crippen LogP contribution in [0.4, 0.5) is 8.78 Å². The van der Waals surface area contributed by atoms with Gasteiger partial charge in [0.1, 0.15) is 17.0 Å². The molecule has 2 nitrogen and oxygen atoms in total. The second-order valence-electron chi connectivity index (χ2n) is 5.25. The Kier molecular flexibility index (Phi) is 4.16. The zero-order chi connectivity index (χ0) is 15.7. The molecule has 0 aromatic heterocycles. The number of carbonyl (C=O) groups excluding carboxylic acids is 1. The van der Waals surface area contributed by atoms with Gasteiger partial charge in [0.2, 0.25) is 5.91 Å². The monoisotopic (exact) mass is 319 g/mol. The summed E-state index contributed by atoms with van der Waals surface area (Å²) in [5.41, 5.74) is 1.33. The third-order valence-electron chi connectivity index (χ3n) is 3.67. The molecule has 1 saturated heterocycles. The van der Waals surface area contributed by atoms with Crippen LogP contribution in [0.3, 0.4) is 0 Å². The number of thioether (sulfide) groups is 1. The van der Waals surface area contributed by atoms with Gasteiger partial charge in [-0.05, 0) is 18.6 Å². The predicted molar refractivity (Wildman–Crippen MR) is 83.1 cm³/mol. The highest BCUT2D eigenvalue weighted by molar-refractivity contribution is 8.01. The van der Waals surface area contributed by atoms with Gasteiger partial charge in [-0.25, -0.2) is 8.78 Å². The second-order valence-corrected chi connectivity index (χ2v) is 6.67. The maximum atomic E-state index is 14.1. The van der Waals surface area contributed by atoms with Crippen LogP contribution < -0.4 is 0 Å². The fourth-order valence-corrected chi connectivity index (χ4v) is 3.86. The van der Waals surface area contributed by atoms with Crippen LogP contribution in [0.1, 0.15) is 23.4 Å². The third-order valence-corrected chi connectivity index (χ3v) is 5.05. The molecule has 1 amide bonds. The van der Waals surface area contributed by atoms with Crippen LogP contribution >= 0.6 is 11.8 Å². The first kappa shape index (κ1) is 15.0. The zero-order valence-electron chi connectivity index (χ0n) is 12.0. The summed E-state index contributed by atoms with van der Waals surface area (Å²) in [4.78, 5) is 14.0. The van der Waals surface area contributed by atoms with E-state index in [1.807, 2.05) is 37.3 Å². The highest BCUT2D eigenvalue weighted by Crippen LogP contribution is 2.44. The van der Waals surface area contributed by atoms with Crippen LogP contribution in [0, 0.1) is 11.6 Å². The lowest BCUT2D eigenvalue weighted by Gasteiger charge is -2.24. The molecule has 0 aliphatic carbocycles. The Hall–Kier alpha value is -1.88. The molecule has 2 aromatic carbocycles. The largest absolute Gasteiger partial charge is 0.321 e. The molecule has 0 unspecified atom stereocenters. The van der Waals surface area contributed by atoms with Crippen molar-refractivity contribution in [2.24, 2.45) is 0 Å². The fraction of sp³-hybridized carbons (Fsp3) is 0.235. The molecule has 0 radical (unpaired) electrons. The summed E-state index contributed by atoms with van der Waals surface area (Å²) in [5, 5.41) is -0.665. The second kappa shape index (κ2) is 6.08. The molecule has 5 heteroatoms. The average Bonchev–Trinajstić information content (AvgIpc) is 2.77. The molecular formula is C17H15F2NOS. The van der Waals surface area contributed by atoms with E-state index in [-0.39, 0.29) is 11.2 Å². The molecule has 22 heavy (non-hydrogen) atoms. The van der Waals surface area contributed by atoms with E-state index >= 15 is 0 Å². The zero-order valence-corrected chi connectivity index (χ0v) is 12.8. The van der Waals surface area contributed by atoms with Crippen molar-refractivity contribution in [1.82, 2.24) is 4.90 Å². The van der Waals surface area contributed by atoms with Gasteiger partial charge in [-0.2, -0.15) is 0 Å². The van der Waals surface area contributed by atoms with E-state index in [2.05, 4.69) is 0 Å². The quantitative estimate of drug-likeness (QED) is 0.848. The van der Waals surface area contributed by atoms with E-state index in [0.29, 0.717) is 12.1 Å². The fourth-order valence-electron chi connectivity index (χ4n) is 2.56. The van der Waals surface area contributed by atoms with E-state index < -0.39 is 17.0 Å². The number of hydrogen-bond acceptors (Lipinski definition) is 2. The minimum Gasteiger partial charge on any atom is -0.321 e. The standard InChI is InChI=1S/C17H15F2NOS/c1-11-16(21)20(10-12-5-3-2-4-6-12)17(22-11)14-8-7-13(18)9-15(14)19/h2-9,11,17H,10H2,1H3/t11-,17-/m0/s1. The maximum absolute atomic E-state index is 14.1. The highest BCUT2D eigenvalue weighted by atomic mass is 32.2. The van der Waals surface area contributed by atoms with Crippen LogP contribution in [0.5, 0.6) is 0 Å². The lowest BCUT2D eigenvalue weighted by Crippen LogP contribution is -2.30. The molecule has 1 aliphatic heterocycles. The molecule has 1 fully saturated rings. The third kappa shape index (κ3) is 2.86. The predicted octanol–water partition coefficient (Wildman–Crippen LogP) is 4.13. The first-order chi connectivity index (χ1) is 10.6. The number of amides is 1. The lowest BCUT2D eigenvalue weighted by molar-refractivity contribution is -0.130. The van der Waals surface area contributed by atoms with Gasteiger partial charge < -0.3 is 4.90 Å². The molecular weight excluding hydrogens is 304 g/mol. The van der Waals surface area contributed by atoms with E-state index in [1.165, 1.54) is 23.9 Å². The number of carbonyl (C=O) groups is 1. The van der Waals surface area contributed by atoms with Gasteiger partial charge in [0.05, 0.1) is 5.25 Å². The van der Waals surface area contributed by atoms with Crippen molar-refractivity contribution in [1.29, 1.82) is 0 Å². The molecule has 2 aromatic rings. The van der Waals surface area contributed by atoms with Crippen LogP contribution in [-0.4, -0.2) is 16.1 Å². The van der Waals surface area contributed by atoms with Gasteiger partial charge in [0.15, 0.2) is 0 Å². The Morgan fingerprint density at radius 3 is 2.55 bits per heavy atom. The van der Waals surface area contributed by atoms with Crippen LogP contribution in [0.15, 0.2) is 48.5 Å². The van der Waals surface area contributed by atoms with Crippen LogP contribution in [-0.2, 0) is 11.3 Å². The molecule has 0 saturated carbocycles. The smallest absolute Gasteiger partial charge is 0.236 e. The molecule has 114 valence electrons. The SMILES string of the molecule is C[C@@H]1S[C@@H](c2ccc(F)cc2F)N(Cc2ccccc2)C1=O. The van der Waals surface area contributed by atoms with E-state index in [0.717, 1.165) is 11.6 Å². The van der Waals surface area contributed by atoms with Gasteiger partial charge in [-0.1, -0.05) is 36.4 Å². The molecule has 3 rings (SSSR count). The van der Waals surface area contributed by atoms with Crippen molar-refractivity contribution in [2.75, 3.05) is 0 Å². The van der Waals surface area contributed by atoms with Crippen LogP contribution in [0.2, 0.25) is 0 Å². The van der Waals surface area contributed by atoms with Gasteiger partial charge in [-0.3, -0.25) is 4.79 Å². The summed E-state index contributed by atoms with van der Waals surface area (Å²) in [6.07, 6.45) is 0. The average molecular weight is 319 g/mol. The topological polar surface area (TPSA) is 20.3 Å².